The number of benzene rings is 1. The van der Waals surface area contributed by atoms with Gasteiger partial charge in [0, 0.05) is 22.6 Å². The lowest BCUT2D eigenvalue weighted by molar-refractivity contribution is 0.0690. The fourth-order valence-electron chi connectivity index (χ4n) is 3.62. The van der Waals surface area contributed by atoms with E-state index in [-0.39, 0.29) is 22.5 Å². The smallest absolute Gasteiger partial charge is 0.526 e. The highest BCUT2D eigenvalue weighted by atomic mass is 32.2. The number of carboxylic acid groups (broad SMARTS) is 1. The first-order valence-electron chi connectivity index (χ1n) is 8.05. The molecule has 122 valence electrons. The molecule has 1 saturated heterocycles. The summed E-state index contributed by atoms with van der Waals surface area (Å²) in [5, 5.41) is 19.9. The minimum absolute atomic E-state index is 0.122. The summed E-state index contributed by atoms with van der Waals surface area (Å²) in [5.74, 6) is 0.176. The minimum atomic E-state index is -0.995. The van der Waals surface area contributed by atoms with E-state index in [2.05, 4.69) is 6.92 Å². The van der Waals surface area contributed by atoms with Crippen molar-refractivity contribution < 1.29 is 24.3 Å². The van der Waals surface area contributed by atoms with Crippen molar-refractivity contribution in [2.75, 3.05) is 13.2 Å². The van der Waals surface area contributed by atoms with Crippen LogP contribution in [0.25, 0.3) is 0 Å². The molecule has 1 aromatic rings. The summed E-state index contributed by atoms with van der Waals surface area (Å²) in [6.45, 7) is 3.63. The number of ether oxygens (including phenoxy) is 1. The quantitative estimate of drug-likeness (QED) is 0.651. The lowest BCUT2D eigenvalue weighted by Crippen LogP contribution is -2.27. The lowest BCUT2D eigenvalue weighted by atomic mass is 9.77. The van der Waals surface area contributed by atoms with Gasteiger partial charge in [-0.25, -0.2) is 4.79 Å². The Morgan fingerprint density at radius 3 is 3.00 bits per heavy atom. The van der Waals surface area contributed by atoms with Crippen molar-refractivity contribution in [3.8, 4) is 5.75 Å². The van der Waals surface area contributed by atoms with E-state index in [0.29, 0.717) is 16.6 Å². The van der Waals surface area contributed by atoms with Crippen LogP contribution >= 0.6 is 11.8 Å². The van der Waals surface area contributed by atoms with Gasteiger partial charge in [0.15, 0.2) is 0 Å². The van der Waals surface area contributed by atoms with E-state index in [4.69, 9.17) is 9.39 Å². The molecule has 2 N–H and O–H groups in total. The van der Waals surface area contributed by atoms with Crippen LogP contribution in [0.1, 0.15) is 41.6 Å². The van der Waals surface area contributed by atoms with Crippen LogP contribution in [0.4, 0.5) is 0 Å². The highest BCUT2D eigenvalue weighted by Crippen LogP contribution is 2.60. The molecule has 2 heterocycles. The molecular weight excluding hydrogens is 315 g/mol. The Kier molecular flexibility index (Phi) is 3.82. The van der Waals surface area contributed by atoms with Crippen molar-refractivity contribution in [3.05, 3.63) is 23.3 Å². The average molecular weight is 334 g/mol. The second-order valence-corrected chi connectivity index (χ2v) is 8.04. The van der Waals surface area contributed by atoms with Crippen molar-refractivity contribution in [2.45, 2.75) is 41.6 Å². The first-order chi connectivity index (χ1) is 11.1. The normalized spacial score (nSPS) is 29.5. The third kappa shape index (κ3) is 2.64. The van der Waals surface area contributed by atoms with Crippen LogP contribution < -0.4 is 4.65 Å². The second kappa shape index (κ2) is 5.72. The molecule has 5 nitrogen and oxygen atoms in total. The third-order valence-corrected chi connectivity index (χ3v) is 6.50. The minimum Gasteiger partial charge on any atom is -0.535 e. The summed E-state index contributed by atoms with van der Waals surface area (Å²) in [6.07, 6.45) is 1.88. The van der Waals surface area contributed by atoms with Crippen molar-refractivity contribution in [1.29, 1.82) is 0 Å². The number of thioether (sulfide) groups is 1. The number of carbonyl (C=O) groups is 1. The van der Waals surface area contributed by atoms with Gasteiger partial charge in [-0.1, -0.05) is 13.0 Å². The first-order valence-corrected chi connectivity index (χ1v) is 8.93. The van der Waals surface area contributed by atoms with Gasteiger partial charge in [-0.3, -0.25) is 0 Å². The SMILES string of the molecule is C[C@@H](Sc1ccc2c(c1C(=O)O)OB(O)[C@@H]1C[C@H]21)[C@H]1CCOC1. The van der Waals surface area contributed by atoms with Gasteiger partial charge in [0.05, 0.1) is 6.61 Å². The van der Waals surface area contributed by atoms with Gasteiger partial charge in [-0.2, -0.15) is 0 Å². The van der Waals surface area contributed by atoms with Gasteiger partial charge < -0.3 is 19.5 Å². The van der Waals surface area contributed by atoms with Crippen molar-refractivity contribution in [3.63, 3.8) is 0 Å². The Balaban J connectivity index is 1.67. The van der Waals surface area contributed by atoms with Crippen molar-refractivity contribution in [2.24, 2.45) is 5.92 Å². The highest BCUT2D eigenvalue weighted by molar-refractivity contribution is 8.00. The molecule has 0 spiro atoms. The van der Waals surface area contributed by atoms with Crippen LogP contribution in [0, 0.1) is 5.92 Å². The monoisotopic (exact) mass is 334 g/mol. The molecule has 1 saturated carbocycles. The van der Waals surface area contributed by atoms with Crippen LogP contribution in [0.3, 0.4) is 0 Å². The Bertz CT molecular complexity index is 646. The van der Waals surface area contributed by atoms with Gasteiger partial charge in [0.25, 0.3) is 0 Å². The molecule has 7 heteroatoms. The molecule has 0 unspecified atom stereocenters. The van der Waals surface area contributed by atoms with Gasteiger partial charge in [-0.15, -0.1) is 11.8 Å². The Morgan fingerprint density at radius 1 is 1.48 bits per heavy atom. The summed E-state index contributed by atoms with van der Waals surface area (Å²) in [7, 11) is -0.883. The molecule has 0 radical (unpaired) electrons. The summed E-state index contributed by atoms with van der Waals surface area (Å²) in [6, 6.07) is 3.87. The average Bonchev–Trinajstić information content (AvgIpc) is 3.13. The topological polar surface area (TPSA) is 76.0 Å². The number of hydrogen-bond acceptors (Lipinski definition) is 5. The number of fused-ring (bicyclic) bond motifs is 3. The zero-order valence-corrected chi connectivity index (χ0v) is 13.7. The maximum atomic E-state index is 11.8. The maximum Gasteiger partial charge on any atom is 0.526 e. The molecule has 0 amide bonds. The Morgan fingerprint density at radius 2 is 2.30 bits per heavy atom. The zero-order valence-electron chi connectivity index (χ0n) is 12.9. The van der Waals surface area contributed by atoms with Gasteiger partial charge in [0.2, 0.25) is 0 Å². The number of hydrogen-bond donors (Lipinski definition) is 2. The first kappa shape index (κ1) is 15.4. The van der Waals surface area contributed by atoms with Gasteiger partial charge in [-0.05, 0) is 36.3 Å². The molecule has 2 aliphatic heterocycles. The van der Waals surface area contributed by atoms with E-state index in [9.17, 15) is 14.9 Å². The highest BCUT2D eigenvalue weighted by Gasteiger charge is 2.54. The lowest BCUT2D eigenvalue weighted by Gasteiger charge is -2.24. The summed E-state index contributed by atoms with van der Waals surface area (Å²) in [4.78, 5) is 12.5. The van der Waals surface area contributed by atoms with Gasteiger partial charge >= 0.3 is 13.1 Å². The molecule has 23 heavy (non-hydrogen) atoms. The predicted octanol–water partition coefficient (Wildman–Crippen LogP) is 2.63. The number of rotatable bonds is 4. The number of carboxylic acids is 1. The largest absolute Gasteiger partial charge is 0.535 e. The third-order valence-electron chi connectivity index (χ3n) is 5.15. The van der Waals surface area contributed by atoms with E-state index < -0.39 is 13.1 Å². The molecule has 1 aromatic carbocycles. The van der Waals surface area contributed by atoms with E-state index in [1.165, 1.54) is 0 Å². The number of aromatic carboxylic acids is 1. The standard InChI is InChI=1S/C16H19BO5S/c1-8(9-4-5-21-7-9)23-13-3-2-10-11-6-12(11)17(20)22-15(10)14(13)16(18)19/h2-3,8-9,11-12,20H,4-7H2,1H3,(H,18,19)/t8-,9+,11-,12-/m1/s1. The van der Waals surface area contributed by atoms with Crippen molar-refractivity contribution >= 4 is 24.8 Å². The molecule has 1 aliphatic carbocycles. The summed E-state index contributed by atoms with van der Waals surface area (Å²) in [5.41, 5.74) is 1.13. The van der Waals surface area contributed by atoms with E-state index in [1.54, 1.807) is 11.8 Å². The zero-order chi connectivity index (χ0) is 16.1. The maximum absolute atomic E-state index is 11.8. The Hall–Kier alpha value is -1.18. The van der Waals surface area contributed by atoms with Crippen molar-refractivity contribution in [1.82, 2.24) is 0 Å². The van der Waals surface area contributed by atoms with E-state index in [1.807, 2.05) is 12.1 Å². The fraction of sp³-hybridized carbons (Fsp3) is 0.562. The molecule has 0 bridgehead atoms. The van der Waals surface area contributed by atoms with Gasteiger partial charge in [0.1, 0.15) is 11.3 Å². The summed E-state index contributed by atoms with van der Waals surface area (Å²) < 4.78 is 11.0. The van der Waals surface area contributed by atoms with Crippen LogP contribution in [0.5, 0.6) is 5.75 Å². The predicted molar refractivity (Wildman–Crippen MR) is 87.4 cm³/mol. The van der Waals surface area contributed by atoms with Crippen LogP contribution in [-0.2, 0) is 4.74 Å². The molecule has 0 aromatic heterocycles. The van der Waals surface area contributed by atoms with E-state index >= 15 is 0 Å². The van der Waals surface area contributed by atoms with Crippen LogP contribution in [0.15, 0.2) is 17.0 Å². The van der Waals surface area contributed by atoms with Crippen LogP contribution in [-0.4, -0.2) is 41.7 Å². The summed E-state index contributed by atoms with van der Waals surface area (Å²) >= 11 is 1.56. The van der Waals surface area contributed by atoms with E-state index in [0.717, 1.165) is 31.6 Å². The molecule has 4 rings (SSSR count). The second-order valence-electron chi connectivity index (χ2n) is 6.62. The molecule has 4 atom stereocenters. The Labute approximate surface area is 139 Å². The molecular formula is C16H19BO5S. The van der Waals surface area contributed by atoms with Crippen LogP contribution in [0.2, 0.25) is 5.82 Å². The molecule has 3 aliphatic rings. The molecule has 2 fully saturated rings. The fourth-order valence-corrected chi connectivity index (χ4v) is 4.87.